The second-order valence-electron chi connectivity index (χ2n) is 8.12. The van der Waals surface area contributed by atoms with Gasteiger partial charge in [-0.05, 0) is 35.3 Å². The van der Waals surface area contributed by atoms with Crippen LogP contribution in [-0.4, -0.2) is 27.6 Å². The topological polar surface area (TPSA) is 63.2 Å². The lowest BCUT2D eigenvalue weighted by atomic mass is 9.69. The van der Waals surface area contributed by atoms with E-state index < -0.39 is 0 Å². The van der Waals surface area contributed by atoms with Crippen molar-refractivity contribution in [3.8, 4) is 0 Å². The van der Waals surface area contributed by atoms with Gasteiger partial charge in [-0.1, -0.05) is 56.0 Å². The lowest BCUT2D eigenvalue weighted by molar-refractivity contribution is -0.121. The molecule has 0 unspecified atom stereocenters. The lowest BCUT2D eigenvalue weighted by Gasteiger charge is -2.41. The van der Waals surface area contributed by atoms with Gasteiger partial charge in [0.05, 0.1) is 0 Å². The molecule has 1 aromatic carbocycles. The van der Waals surface area contributed by atoms with Gasteiger partial charge in [0.25, 0.3) is 0 Å². The van der Waals surface area contributed by atoms with E-state index in [9.17, 15) is 14.0 Å². The Balaban J connectivity index is 1.84. The Morgan fingerprint density at radius 3 is 2.62 bits per heavy atom. The Morgan fingerprint density at radius 2 is 1.93 bits per heavy atom. The highest BCUT2D eigenvalue weighted by Gasteiger charge is 2.45. The Kier molecular flexibility index (Phi) is 5.33. The summed E-state index contributed by atoms with van der Waals surface area (Å²) in [6.07, 6.45) is 1.19. The minimum atomic E-state index is -0.352. The van der Waals surface area contributed by atoms with E-state index in [2.05, 4.69) is 10.2 Å². The van der Waals surface area contributed by atoms with Crippen molar-refractivity contribution >= 4 is 39.9 Å². The molecule has 0 saturated carbocycles. The molecule has 0 fully saturated rings. The van der Waals surface area contributed by atoms with Gasteiger partial charge in [0.1, 0.15) is 5.82 Å². The Morgan fingerprint density at radius 1 is 1.21 bits per heavy atom. The van der Waals surface area contributed by atoms with Crippen LogP contribution in [0.15, 0.2) is 39.9 Å². The minimum Gasteiger partial charge on any atom is -0.294 e. The number of aromatic nitrogens is 2. The molecule has 2 aliphatic rings. The molecule has 1 aliphatic heterocycles. The Bertz CT molecular complexity index is 998. The summed E-state index contributed by atoms with van der Waals surface area (Å²) in [5.74, 6) is 0.130. The molecule has 0 radical (unpaired) electrons. The molecule has 4 rings (SSSR count). The molecule has 2 aromatic rings. The number of carbonyl (C=O) groups excluding carboxylic acids is 2. The van der Waals surface area contributed by atoms with E-state index in [1.54, 1.807) is 28.8 Å². The van der Waals surface area contributed by atoms with Gasteiger partial charge in [0.15, 0.2) is 10.1 Å². The molecule has 1 aromatic heterocycles. The fraction of sp³-hybridized carbons (Fsp3) is 0.429. The third kappa shape index (κ3) is 3.88. The van der Waals surface area contributed by atoms with Crippen molar-refractivity contribution in [2.45, 2.75) is 50.3 Å². The summed E-state index contributed by atoms with van der Waals surface area (Å²) in [5.41, 5.74) is 1.93. The van der Waals surface area contributed by atoms with E-state index in [1.165, 1.54) is 23.5 Å². The number of benzene rings is 1. The molecule has 1 aliphatic carbocycles. The smallest absolute Gasteiger partial charge is 0.234 e. The third-order valence-electron chi connectivity index (χ3n) is 5.27. The number of rotatable bonds is 4. The van der Waals surface area contributed by atoms with Crippen molar-refractivity contribution in [3.05, 3.63) is 46.9 Å². The molecule has 0 bridgehead atoms. The van der Waals surface area contributed by atoms with Gasteiger partial charge in [-0.2, -0.15) is 0 Å². The second kappa shape index (κ2) is 7.65. The highest BCUT2D eigenvalue weighted by molar-refractivity contribution is 8.01. The van der Waals surface area contributed by atoms with Gasteiger partial charge in [-0.3, -0.25) is 14.5 Å². The summed E-state index contributed by atoms with van der Waals surface area (Å²) in [6, 6.07) is 6.09. The highest BCUT2D eigenvalue weighted by Crippen LogP contribution is 2.48. The van der Waals surface area contributed by atoms with Crippen LogP contribution in [0.25, 0.3) is 0 Å². The fourth-order valence-corrected chi connectivity index (χ4v) is 5.87. The SMILES string of the molecule is CCSc1nnc(N2C(=O)C[C@@H](c3ccc(F)cc3)C3=C2CC(C)(C)CC3=O)s1. The monoisotopic (exact) mass is 431 g/mol. The zero-order valence-corrected chi connectivity index (χ0v) is 18.2. The highest BCUT2D eigenvalue weighted by atomic mass is 32.2. The van der Waals surface area contributed by atoms with Gasteiger partial charge in [0, 0.05) is 30.0 Å². The molecule has 1 amide bonds. The molecule has 5 nitrogen and oxygen atoms in total. The van der Waals surface area contributed by atoms with Crippen LogP contribution in [0.4, 0.5) is 9.52 Å². The normalized spacial score (nSPS) is 21.5. The van der Waals surface area contributed by atoms with E-state index in [0.29, 0.717) is 23.5 Å². The summed E-state index contributed by atoms with van der Waals surface area (Å²) in [7, 11) is 0. The van der Waals surface area contributed by atoms with E-state index in [1.807, 2.05) is 20.8 Å². The molecule has 0 N–H and O–H groups in total. The maximum atomic E-state index is 13.4. The first-order valence-corrected chi connectivity index (χ1v) is 11.4. The summed E-state index contributed by atoms with van der Waals surface area (Å²) < 4.78 is 14.2. The first-order valence-electron chi connectivity index (χ1n) is 9.60. The van der Waals surface area contributed by atoms with Crippen LogP contribution in [0.3, 0.4) is 0 Å². The number of halogens is 1. The van der Waals surface area contributed by atoms with Gasteiger partial charge in [-0.25, -0.2) is 4.39 Å². The van der Waals surface area contributed by atoms with Gasteiger partial charge in [-0.15, -0.1) is 10.2 Å². The molecule has 2 heterocycles. The van der Waals surface area contributed by atoms with Crippen molar-refractivity contribution in [2.75, 3.05) is 10.7 Å². The number of carbonyl (C=O) groups is 2. The molecule has 152 valence electrons. The van der Waals surface area contributed by atoms with E-state index in [0.717, 1.165) is 21.4 Å². The van der Waals surface area contributed by atoms with Crippen molar-refractivity contribution in [1.82, 2.24) is 10.2 Å². The molecule has 0 spiro atoms. The standard InChI is InChI=1S/C21H22FN3O2S2/c1-4-28-20-24-23-19(29-20)25-15-10-21(2,3)11-16(26)18(15)14(9-17(25)27)12-5-7-13(22)8-6-12/h5-8,14H,4,9-11H2,1-3H3/t14-/m0/s1. The summed E-state index contributed by atoms with van der Waals surface area (Å²) >= 11 is 2.95. The van der Waals surface area contributed by atoms with Gasteiger partial charge in [0.2, 0.25) is 11.0 Å². The van der Waals surface area contributed by atoms with Gasteiger partial charge >= 0.3 is 0 Å². The first kappa shape index (κ1) is 20.2. The van der Waals surface area contributed by atoms with Crippen molar-refractivity contribution in [2.24, 2.45) is 5.41 Å². The van der Waals surface area contributed by atoms with Crippen LogP contribution in [0.1, 0.15) is 51.5 Å². The number of Topliss-reactive ketones (excluding diaryl/α,β-unsaturated/α-hetero) is 1. The van der Waals surface area contributed by atoms with E-state index in [4.69, 9.17) is 0 Å². The molecule has 8 heteroatoms. The predicted molar refractivity (Wildman–Crippen MR) is 113 cm³/mol. The largest absolute Gasteiger partial charge is 0.294 e. The molecular formula is C21H22FN3O2S2. The van der Waals surface area contributed by atoms with Crippen LogP contribution < -0.4 is 4.90 Å². The van der Waals surface area contributed by atoms with Crippen LogP contribution in [0, 0.1) is 11.2 Å². The Hall–Kier alpha value is -2.06. The number of anilines is 1. The maximum Gasteiger partial charge on any atom is 0.234 e. The number of thioether (sulfide) groups is 1. The predicted octanol–water partition coefficient (Wildman–Crippen LogP) is 4.95. The summed E-state index contributed by atoms with van der Waals surface area (Å²) in [6.45, 7) is 6.11. The molecule has 0 saturated heterocycles. The van der Waals surface area contributed by atoms with Gasteiger partial charge < -0.3 is 0 Å². The van der Waals surface area contributed by atoms with Crippen LogP contribution in [0.5, 0.6) is 0 Å². The number of hydrogen-bond donors (Lipinski definition) is 0. The third-order valence-corrected chi connectivity index (χ3v) is 7.19. The lowest BCUT2D eigenvalue weighted by Crippen LogP contribution is -2.43. The maximum absolute atomic E-state index is 13.4. The van der Waals surface area contributed by atoms with Crippen LogP contribution in [-0.2, 0) is 9.59 Å². The van der Waals surface area contributed by atoms with Crippen LogP contribution in [0.2, 0.25) is 0 Å². The molecule has 29 heavy (non-hydrogen) atoms. The average molecular weight is 432 g/mol. The van der Waals surface area contributed by atoms with E-state index in [-0.39, 0.29) is 35.3 Å². The Labute approximate surface area is 177 Å². The number of nitrogens with zero attached hydrogens (tertiary/aromatic N) is 3. The van der Waals surface area contributed by atoms with Crippen molar-refractivity contribution < 1.29 is 14.0 Å². The zero-order chi connectivity index (χ0) is 20.8. The zero-order valence-electron chi connectivity index (χ0n) is 16.6. The summed E-state index contributed by atoms with van der Waals surface area (Å²) in [5, 5.41) is 8.94. The average Bonchev–Trinajstić information content (AvgIpc) is 3.09. The van der Waals surface area contributed by atoms with Crippen molar-refractivity contribution in [3.63, 3.8) is 0 Å². The number of hydrogen-bond acceptors (Lipinski definition) is 6. The van der Waals surface area contributed by atoms with Crippen molar-refractivity contribution in [1.29, 1.82) is 0 Å². The first-order chi connectivity index (χ1) is 13.8. The molecule has 1 atom stereocenters. The number of amides is 1. The number of allylic oxidation sites excluding steroid dienone is 2. The quantitative estimate of drug-likeness (QED) is 0.506. The number of ketones is 1. The second-order valence-corrected chi connectivity index (χ2v) is 10.6. The minimum absolute atomic E-state index is 0.0516. The van der Waals surface area contributed by atoms with E-state index >= 15 is 0 Å². The van der Waals surface area contributed by atoms with Crippen LogP contribution >= 0.6 is 23.1 Å². The molecular weight excluding hydrogens is 409 g/mol. The fourth-order valence-electron chi connectivity index (χ4n) is 4.09. The summed E-state index contributed by atoms with van der Waals surface area (Å²) in [4.78, 5) is 28.0.